The van der Waals surface area contributed by atoms with Gasteiger partial charge in [-0.15, -0.1) is 0 Å². The Bertz CT molecular complexity index is 394. The Kier molecular flexibility index (Phi) is 5.59. The predicted molar refractivity (Wildman–Crippen MR) is 72.9 cm³/mol. The molecule has 0 atom stereocenters. The molecule has 5 heteroatoms. The van der Waals surface area contributed by atoms with Crippen molar-refractivity contribution in [1.82, 2.24) is 4.90 Å². The summed E-state index contributed by atoms with van der Waals surface area (Å²) in [5.41, 5.74) is 0.802. The van der Waals surface area contributed by atoms with Gasteiger partial charge in [0.05, 0.1) is 10.7 Å². The molecule has 0 fully saturated rings. The van der Waals surface area contributed by atoms with E-state index >= 15 is 0 Å². The molecule has 1 amide bonds. The lowest BCUT2D eigenvalue weighted by molar-refractivity contribution is -0.128. The molecule has 1 aromatic carbocycles. The lowest BCUT2D eigenvalue weighted by Crippen LogP contribution is -2.22. The van der Waals surface area contributed by atoms with Crippen LogP contribution in [-0.2, 0) is 4.79 Å². The number of carbonyl (C=O) groups is 1. The molecule has 0 aliphatic rings. The molecule has 0 bridgehead atoms. The topological polar surface area (TPSA) is 32.3 Å². The Morgan fingerprint density at radius 3 is 2.71 bits per heavy atom. The van der Waals surface area contributed by atoms with Crippen molar-refractivity contribution in [3.8, 4) is 0 Å². The third-order valence-corrected chi connectivity index (χ3v) is 2.87. The number of anilines is 1. The van der Waals surface area contributed by atoms with Gasteiger partial charge in [-0.3, -0.25) is 4.79 Å². The Morgan fingerprint density at radius 2 is 2.06 bits per heavy atom. The first-order valence-corrected chi connectivity index (χ1v) is 6.15. The average molecular weight is 275 g/mol. The lowest BCUT2D eigenvalue weighted by Gasteiger charge is -2.11. The van der Waals surface area contributed by atoms with Crippen LogP contribution in [0.4, 0.5) is 5.69 Å². The van der Waals surface area contributed by atoms with Gasteiger partial charge < -0.3 is 10.2 Å². The largest absolute Gasteiger partial charge is 0.384 e. The van der Waals surface area contributed by atoms with Crippen LogP contribution in [0.5, 0.6) is 0 Å². The number of amides is 1. The molecule has 0 unspecified atom stereocenters. The zero-order valence-electron chi connectivity index (χ0n) is 9.96. The summed E-state index contributed by atoms with van der Waals surface area (Å²) >= 11 is 11.9. The first-order valence-electron chi connectivity index (χ1n) is 5.40. The summed E-state index contributed by atoms with van der Waals surface area (Å²) in [4.78, 5) is 12.9. The summed E-state index contributed by atoms with van der Waals surface area (Å²) in [5.74, 6) is 0.129. The van der Waals surface area contributed by atoms with Crippen molar-refractivity contribution >= 4 is 34.8 Å². The highest BCUT2D eigenvalue weighted by Gasteiger charge is 2.04. The Balaban J connectivity index is 2.36. The average Bonchev–Trinajstić information content (AvgIpc) is 2.28. The van der Waals surface area contributed by atoms with Crippen molar-refractivity contribution in [1.29, 1.82) is 0 Å². The number of carbonyl (C=O) groups excluding carboxylic acids is 1. The molecule has 1 aromatic rings. The van der Waals surface area contributed by atoms with Crippen LogP contribution >= 0.6 is 23.2 Å². The van der Waals surface area contributed by atoms with E-state index in [1.54, 1.807) is 37.2 Å². The molecule has 0 spiro atoms. The van der Waals surface area contributed by atoms with E-state index in [1.807, 2.05) is 0 Å². The Morgan fingerprint density at radius 1 is 1.35 bits per heavy atom. The second kappa shape index (κ2) is 6.72. The normalized spacial score (nSPS) is 10.1. The summed E-state index contributed by atoms with van der Waals surface area (Å²) in [6.45, 7) is 0.694. The fraction of sp³-hybridized carbons (Fsp3) is 0.417. The van der Waals surface area contributed by atoms with Gasteiger partial charge in [-0.25, -0.2) is 0 Å². The van der Waals surface area contributed by atoms with Crippen molar-refractivity contribution in [3.63, 3.8) is 0 Å². The zero-order chi connectivity index (χ0) is 12.8. The van der Waals surface area contributed by atoms with Gasteiger partial charge in [-0.1, -0.05) is 23.2 Å². The van der Waals surface area contributed by atoms with Gasteiger partial charge in [-0.2, -0.15) is 0 Å². The molecule has 3 nitrogen and oxygen atoms in total. The highest BCUT2D eigenvalue weighted by atomic mass is 35.5. The van der Waals surface area contributed by atoms with Gasteiger partial charge in [0.25, 0.3) is 0 Å². The molecule has 1 rings (SSSR count). The van der Waals surface area contributed by atoms with Crippen LogP contribution in [-0.4, -0.2) is 31.4 Å². The van der Waals surface area contributed by atoms with Crippen LogP contribution < -0.4 is 5.32 Å². The fourth-order valence-electron chi connectivity index (χ4n) is 1.32. The van der Waals surface area contributed by atoms with E-state index in [2.05, 4.69) is 5.32 Å². The van der Waals surface area contributed by atoms with E-state index in [1.165, 1.54) is 0 Å². The Labute approximate surface area is 112 Å². The van der Waals surface area contributed by atoms with Crippen LogP contribution in [0, 0.1) is 0 Å². The van der Waals surface area contributed by atoms with Crippen molar-refractivity contribution in [2.45, 2.75) is 12.8 Å². The molecule has 0 saturated heterocycles. The van der Waals surface area contributed by atoms with Gasteiger partial charge in [0.1, 0.15) is 0 Å². The molecular weight excluding hydrogens is 259 g/mol. The molecule has 0 saturated carbocycles. The van der Waals surface area contributed by atoms with Crippen LogP contribution in [0.3, 0.4) is 0 Å². The van der Waals surface area contributed by atoms with E-state index in [-0.39, 0.29) is 5.91 Å². The molecule has 0 aliphatic carbocycles. The second-order valence-corrected chi connectivity index (χ2v) is 4.79. The molecular formula is C12H16Cl2N2O. The second-order valence-electron chi connectivity index (χ2n) is 3.94. The standard InChI is InChI=1S/C12H16Cl2N2O/c1-16(2)12(17)4-3-7-15-11-8-9(13)5-6-10(11)14/h5-6,8,15H,3-4,7H2,1-2H3. The predicted octanol–water partition coefficient (Wildman–Crippen LogP) is 3.27. The van der Waals surface area contributed by atoms with Gasteiger partial charge >= 0.3 is 0 Å². The third kappa shape index (κ3) is 4.84. The van der Waals surface area contributed by atoms with Crippen LogP contribution in [0.25, 0.3) is 0 Å². The zero-order valence-corrected chi connectivity index (χ0v) is 11.5. The monoisotopic (exact) mass is 274 g/mol. The summed E-state index contributed by atoms with van der Waals surface area (Å²) < 4.78 is 0. The van der Waals surface area contributed by atoms with Crippen LogP contribution in [0.15, 0.2) is 18.2 Å². The van der Waals surface area contributed by atoms with E-state index in [9.17, 15) is 4.79 Å². The third-order valence-electron chi connectivity index (χ3n) is 2.31. The molecule has 1 N–H and O–H groups in total. The number of nitrogens with one attached hydrogen (secondary N) is 1. The van der Waals surface area contributed by atoms with Crippen LogP contribution in [0.2, 0.25) is 10.0 Å². The van der Waals surface area contributed by atoms with Gasteiger partial charge in [0.15, 0.2) is 0 Å². The van der Waals surface area contributed by atoms with Gasteiger partial charge in [0, 0.05) is 32.1 Å². The van der Waals surface area contributed by atoms with Crippen molar-refractivity contribution in [2.24, 2.45) is 0 Å². The molecule has 0 radical (unpaired) electrons. The number of halogens is 2. The summed E-state index contributed by atoms with van der Waals surface area (Å²) in [6, 6.07) is 5.26. The first kappa shape index (κ1) is 14.1. The van der Waals surface area contributed by atoms with Crippen LogP contribution in [0.1, 0.15) is 12.8 Å². The SMILES string of the molecule is CN(C)C(=O)CCCNc1cc(Cl)ccc1Cl. The van der Waals surface area contributed by atoms with E-state index in [0.29, 0.717) is 23.0 Å². The molecule has 0 heterocycles. The van der Waals surface area contributed by atoms with Crippen molar-refractivity contribution in [3.05, 3.63) is 28.2 Å². The smallest absolute Gasteiger partial charge is 0.222 e. The number of hydrogen-bond acceptors (Lipinski definition) is 2. The Hall–Kier alpha value is -0.930. The summed E-state index contributed by atoms with van der Waals surface area (Å²) in [7, 11) is 3.51. The fourth-order valence-corrected chi connectivity index (χ4v) is 1.68. The minimum atomic E-state index is 0.129. The number of nitrogens with zero attached hydrogens (tertiary/aromatic N) is 1. The number of hydrogen-bond donors (Lipinski definition) is 1. The summed E-state index contributed by atoms with van der Waals surface area (Å²) in [6.07, 6.45) is 1.29. The molecule has 94 valence electrons. The minimum absolute atomic E-state index is 0.129. The van der Waals surface area contributed by atoms with Crippen molar-refractivity contribution in [2.75, 3.05) is 26.0 Å². The molecule has 0 aromatic heterocycles. The highest BCUT2D eigenvalue weighted by molar-refractivity contribution is 6.35. The maximum Gasteiger partial charge on any atom is 0.222 e. The highest BCUT2D eigenvalue weighted by Crippen LogP contribution is 2.25. The first-order chi connectivity index (χ1) is 8.00. The van der Waals surface area contributed by atoms with Crippen molar-refractivity contribution < 1.29 is 4.79 Å². The van der Waals surface area contributed by atoms with E-state index in [4.69, 9.17) is 23.2 Å². The molecule has 0 aliphatic heterocycles. The van der Waals surface area contributed by atoms with Gasteiger partial charge in [0.2, 0.25) is 5.91 Å². The number of benzene rings is 1. The minimum Gasteiger partial charge on any atom is -0.384 e. The molecule has 17 heavy (non-hydrogen) atoms. The lowest BCUT2D eigenvalue weighted by atomic mass is 10.2. The quantitative estimate of drug-likeness (QED) is 0.836. The van der Waals surface area contributed by atoms with E-state index in [0.717, 1.165) is 12.1 Å². The summed E-state index contributed by atoms with van der Waals surface area (Å²) in [5, 5.41) is 4.43. The number of rotatable bonds is 5. The maximum absolute atomic E-state index is 11.3. The van der Waals surface area contributed by atoms with E-state index < -0.39 is 0 Å². The van der Waals surface area contributed by atoms with Gasteiger partial charge in [-0.05, 0) is 24.6 Å². The maximum atomic E-state index is 11.3.